The Kier molecular flexibility index (Phi) is 10.4. The maximum atomic E-state index is 5.28. The van der Waals surface area contributed by atoms with Crippen LogP contribution in [-0.4, -0.2) is 45.7 Å². The van der Waals surface area contributed by atoms with Gasteiger partial charge in [-0.25, -0.2) is 0 Å². The van der Waals surface area contributed by atoms with E-state index in [-0.39, 0.29) is 29.9 Å². The van der Waals surface area contributed by atoms with Crippen LogP contribution in [0.3, 0.4) is 0 Å². The van der Waals surface area contributed by atoms with Crippen LogP contribution >= 0.6 is 39.9 Å². The van der Waals surface area contributed by atoms with E-state index in [2.05, 4.69) is 80.9 Å². The molecule has 0 spiro atoms. The second-order valence-corrected chi connectivity index (χ2v) is 7.57. The van der Waals surface area contributed by atoms with Crippen LogP contribution in [0.15, 0.2) is 26.3 Å². The third kappa shape index (κ3) is 7.44. The Balaban J connectivity index is 0.00000364. The molecule has 0 aliphatic heterocycles. The largest absolute Gasteiger partial charge is 0.357 e. The molecule has 0 saturated heterocycles. The van der Waals surface area contributed by atoms with E-state index in [0.717, 1.165) is 42.2 Å². The molecule has 0 bridgehead atoms. The van der Waals surface area contributed by atoms with Crippen LogP contribution in [0.1, 0.15) is 50.5 Å². The van der Waals surface area contributed by atoms with Crippen molar-refractivity contribution in [1.82, 2.24) is 24.9 Å². The highest BCUT2D eigenvalue weighted by atomic mass is 127. The summed E-state index contributed by atoms with van der Waals surface area (Å²) in [4.78, 5) is 11.3. The molecular formula is C18H30BrIN6O. The molecule has 0 radical (unpaired) electrons. The van der Waals surface area contributed by atoms with E-state index in [9.17, 15) is 0 Å². The zero-order chi connectivity index (χ0) is 19.1. The predicted molar refractivity (Wildman–Crippen MR) is 123 cm³/mol. The van der Waals surface area contributed by atoms with E-state index in [1.54, 1.807) is 0 Å². The second-order valence-electron chi connectivity index (χ2n) is 6.66. The standard InChI is InChI=1S/C18H29BrN6O.HI/c1-6-20-18(25(5)12-15-10-14(19)11-24(15)4)21-9-7-8-16-22-17(13(2)3)23-26-16;/h10-11,13H,6-9,12H2,1-5H3,(H,20,21);1H. The number of guanidine groups is 1. The lowest BCUT2D eigenvalue weighted by Crippen LogP contribution is -2.38. The molecule has 27 heavy (non-hydrogen) atoms. The topological polar surface area (TPSA) is 71.5 Å². The van der Waals surface area contributed by atoms with Gasteiger partial charge in [0.25, 0.3) is 0 Å². The first-order chi connectivity index (χ1) is 12.4. The van der Waals surface area contributed by atoms with Crippen molar-refractivity contribution in [1.29, 1.82) is 0 Å². The average Bonchev–Trinajstić information content (AvgIpc) is 3.17. The lowest BCUT2D eigenvalue weighted by atomic mass is 10.2. The monoisotopic (exact) mass is 552 g/mol. The zero-order valence-electron chi connectivity index (χ0n) is 16.7. The number of aliphatic imine (C=N–C) groups is 1. The molecule has 0 aromatic carbocycles. The van der Waals surface area contributed by atoms with Crippen LogP contribution in [0.5, 0.6) is 0 Å². The molecule has 7 nitrogen and oxygen atoms in total. The number of aryl methyl sites for hydroxylation is 2. The molecule has 152 valence electrons. The van der Waals surface area contributed by atoms with Crippen LogP contribution in [0.25, 0.3) is 0 Å². The van der Waals surface area contributed by atoms with Gasteiger partial charge in [-0.2, -0.15) is 4.98 Å². The number of aromatic nitrogens is 3. The van der Waals surface area contributed by atoms with Crippen LogP contribution in [0.2, 0.25) is 0 Å². The predicted octanol–water partition coefficient (Wildman–Crippen LogP) is 3.94. The Morgan fingerprint density at radius 2 is 2.19 bits per heavy atom. The first kappa shape index (κ1) is 23.9. The van der Waals surface area contributed by atoms with Gasteiger partial charge in [0, 0.05) is 55.9 Å². The molecule has 2 heterocycles. The molecule has 1 N–H and O–H groups in total. The van der Waals surface area contributed by atoms with Gasteiger partial charge in [-0.1, -0.05) is 19.0 Å². The fourth-order valence-corrected chi connectivity index (χ4v) is 3.10. The summed E-state index contributed by atoms with van der Waals surface area (Å²) in [6, 6.07) is 2.13. The van der Waals surface area contributed by atoms with Crippen molar-refractivity contribution in [2.75, 3.05) is 20.1 Å². The minimum Gasteiger partial charge on any atom is -0.357 e. The Bertz CT molecular complexity index is 727. The summed E-state index contributed by atoms with van der Waals surface area (Å²) in [6.45, 7) is 8.53. The summed E-state index contributed by atoms with van der Waals surface area (Å²) in [5, 5.41) is 7.35. The maximum absolute atomic E-state index is 5.28. The first-order valence-corrected chi connectivity index (χ1v) is 9.82. The van der Waals surface area contributed by atoms with Gasteiger partial charge >= 0.3 is 0 Å². The fraction of sp³-hybridized carbons (Fsp3) is 0.611. The molecule has 0 fully saturated rings. The second kappa shape index (κ2) is 11.7. The lowest BCUT2D eigenvalue weighted by molar-refractivity contribution is 0.369. The number of hydrogen-bond donors (Lipinski definition) is 1. The summed E-state index contributed by atoms with van der Waals surface area (Å²) in [5.41, 5.74) is 1.22. The van der Waals surface area contributed by atoms with Gasteiger partial charge in [0.05, 0.1) is 6.54 Å². The van der Waals surface area contributed by atoms with Gasteiger partial charge in [-0.05, 0) is 35.3 Å². The molecule has 2 aromatic heterocycles. The van der Waals surface area contributed by atoms with Gasteiger partial charge in [-0.15, -0.1) is 24.0 Å². The van der Waals surface area contributed by atoms with Gasteiger partial charge < -0.3 is 19.3 Å². The van der Waals surface area contributed by atoms with Crippen LogP contribution < -0.4 is 5.32 Å². The van der Waals surface area contributed by atoms with Gasteiger partial charge in [-0.3, -0.25) is 4.99 Å². The minimum atomic E-state index is 0. The summed E-state index contributed by atoms with van der Waals surface area (Å²) < 4.78 is 8.49. The van der Waals surface area contributed by atoms with Crippen molar-refractivity contribution >= 4 is 45.9 Å². The van der Waals surface area contributed by atoms with E-state index >= 15 is 0 Å². The molecule has 0 aliphatic rings. The third-order valence-electron chi connectivity index (χ3n) is 3.98. The van der Waals surface area contributed by atoms with Crippen LogP contribution in [0.4, 0.5) is 0 Å². The Labute approximate surface area is 187 Å². The molecule has 2 rings (SSSR count). The van der Waals surface area contributed by atoms with E-state index in [4.69, 9.17) is 9.52 Å². The number of nitrogens with one attached hydrogen (secondary N) is 1. The quantitative estimate of drug-likeness (QED) is 0.232. The van der Waals surface area contributed by atoms with E-state index in [0.29, 0.717) is 12.4 Å². The highest BCUT2D eigenvalue weighted by Crippen LogP contribution is 2.15. The molecule has 0 amide bonds. The third-order valence-corrected chi connectivity index (χ3v) is 4.41. The fourth-order valence-electron chi connectivity index (χ4n) is 2.53. The number of hydrogen-bond acceptors (Lipinski definition) is 4. The van der Waals surface area contributed by atoms with Crippen molar-refractivity contribution in [2.24, 2.45) is 12.0 Å². The molecule has 0 unspecified atom stereocenters. The molecule has 2 aromatic rings. The number of halogens is 2. The molecule has 0 aliphatic carbocycles. The molecule has 0 saturated carbocycles. The average molecular weight is 553 g/mol. The zero-order valence-corrected chi connectivity index (χ0v) is 20.6. The summed E-state index contributed by atoms with van der Waals surface area (Å²) >= 11 is 3.52. The van der Waals surface area contributed by atoms with Crippen molar-refractivity contribution < 1.29 is 4.52 Å². The van der Waals surface area contributed by atoms with Crippen molar-refractivity contribution in [3.8, 4) is 0 Å². The van der Waals surface area contributed by atoms with Crippen molar-refractivity contribution in [3.05, 3.63) is 34.1 Å². The van der Waals surface area contributed by atoms with Gasteiger partial charge in [0.15, 0.2) is 11.8 Å². The highest BCUT2D eigenvalue weighted by molar-refractivity contribution is 14.0. The smallest absolute Gasteiger partial charge is 0.226 e. The van der Waals surface area contributed by atoms with Gasteiger partial charge in [0.1, 0.15) is 0 Å². The van der Waals surface area contributed by atoms with E-state index in [1.807, 2.05) is 7.05 Å². The Morgan fingerprint density at radius 3 is 2.74 bits per heavy atom. The first-order valence-electron chi connectivity index (χ1n) is 9.03. The summed E-state index contributed by atoms with van der Waals surface area (Å²) in [7, 11) is 4.10. The summed E-state index contributed by atoms with van der Waals surface area (Å²) in [6.07, 6.45) is 3.68. The van der Waals surface area contributed by atoms with Crippen LogP contribution in [-0.2, 0) is 20.0 Å². The van der Waals surface area contributed by atoms with Crippen molar-refractivity contribution in [3.63, 3.8) is 0 Å². The van der Waals surface area contributed by atoms with Crippen molar-refractivity contribution in [2.45, 2.75) is 46.1 Å². The molecule has 9 heteroatoms. The number of rotatable bonds is 8. The molecule has 0 atom stereocenters. The van der Waals surface area contributed by atoms with E-state index < -0.39 is 0 Å². The SMILES string of the molecule is CCNC(=NCCCc1nc(C(C)C)no1)N(C)Cc1cc(Br)cn1C.I. The van der Waals surface area contributed by atoms with Gasteiger partial charge in [0.2, 0.25) is 5.89 Å². The Hall–Kier alpha value is -1.10. The molecular weight excluding hydrogens is 523 g/mol. The minimum absolute atomic E-state index is 0. The lowest BCUT2D eigenvalue weighted by Gasteiger charge is -2.22. The number of nitrogens with zero attached hydrogens (tertiary/aromatic N) is 5. The summed E-state index contributed by atoms with van der Waals surface area (Å²) in [5.74, 6) is 2.65. The highest BCUT2D eigenvalue weighted by Gasteiger charge is 2.11. The Morgan fingerprint density at radius 1 is 1.44 bits per heavy atom. The maximum Gasteiger partial charge on any atom is 0.226 e. The van der Waals surface area contributed by atoms with E-state index in [1.165, 1.54) is 5.69 Å². The van der Waals surface area contributed by atoms with Crippen LogP contribution in [0, 0.1) is 0 Å². The normalized spacial score (nSPS) is 11.6.